The molecule has 1 rings (SSSR count). The van der Waals surface area contributed by atoms with Crippen LogP contribution in [0.15, 0.2) is 4.47 Å². The first-order chi connectivity index (χ1) is 8.06. The number of rotatable bonds is 7. The molecule has 1 aromatic rings. The van der Waals surface area contributed by atoms with E-state index in [0.717, 1.165) is 36.3 Å². The minimum Gasteiger partial charge on any atom is -0.311 e. The molecule has 5 heteroatoms. The third kappa shape index (κ3) is 4.41. The summed E-state index contributed by atoms with van der Waals surface area (Å²) in [5.74, 6) is 0. The molecule has 17 heavy (non-hydrogen) atoms. The van der Waals surface area contributed by atoms with E-state index in [0.29, 0.717) is 0 Å². The van der Waals surface area contributed by atoms with Crippen molar-refractivity contribution >= 4 is 15.9 Å². The highest BCUT2D eigenvalue weighted by atomic mass is 79.9. The Hall–Kier alpha value is -0.390. The summed E-state index contributed by atoms with van der Waals surface area (Å²) in [4.78, 5) is 2.21. The molecule has 0 radical (unpaired) electrons. The van der Waals surface area contributed by atoms with E-state index in [9.17, 15) is 0 Å². The van der Waals surface area contributed by atoms with E-state index in [1.54, 1.807) is 0 Å². The van der Waals surface area contributed by atoms with Crippen LogP contribution in [0.25, 0.3) is 0 Å². The fourth-order valence-electron chi connectivity index (χ4n) is 1.76. The van der Waals surface area contributed by atoms with Crippen molar-refractivity contribution in [3.8, 4) is 0 Å². The SMILES string of the molecule is CCn1nc(C)c(Br)c1CNCCCN(C)C. The number of nitrogens with zero attached hydrogens (tertiary/aromatic N) is 3. The van der Waals surface area contributed by atoms with Crippen LogP contribution in [0.5, 0.6) is 0 Å². The fourth-order valence-corrected chi connectivity index (χ4v) is 2.19. The van der Waals surface area contributed by atoms with Gasteiger partial charge in [0.15, 0.2) is 0 Å². The number of hydrogen-bond acceptors (Lipinski definition) is 3. The van der Waals surface area contributed by atoms with Crippen molar-refractivity contribution in [3.63, 3.8) is 0 Å². The highest BCUT2D eigenvalue weighted by Crippen LogP contribution is 2.20. The maximum Gasteiger partial charge on any atom is 0.0739 e. The Morgan fingerprint density at radius 1 is 1.41 bits per heavy atom. The van der Waals surface area contributed by atoms with Crippen molar-refractivity contribution < 1.29 is 0 Å². The Balaban J connectivity index is 2.41. The maximum atomic E-state index is 4.48. The van der Waals surface area contributed by atoms with Crippen molar-refractivity contribution in [2.45, 2.75) is 33.4 Å². The molecule has 4 nitrogen and oxygen atoms in total. The van der Waals surface area contributed by atoms with Gasteiger partial charge in [-0.25, -0.2) is 0 Å². The normalized spacial score (nSPS) is 11.4. The second-order valence-electron chi connectivity index (χ2n) is 4.50. The van der Waals surface area contributed by atoms with E-state index in [1.807, 2.05) is 6.92 Å². The second-order valence-corrected chi connectivity index (χ2v) is 5.29. The Morgan fingerprint density at radius 3 is 2.71 bits per heavy atom. The van der Waals surface area contributed by atoms with Crippen molar-refractivity contribution in [2.24, 2.45) is 0 Å². The summed E-state index contributed by atoms with van der Waals surface area (Å²) < 4.78 is 3.19. The summed E-state index contributed by atoms with van der Waals surface area (Å²) in [6.45, 7) is 8.11. The van der Waals surface area contributed by atoms with Crippen LogP contribution in [-0.4, -0.2) is 41.9 Å². The molecule has 0 amide bonds. The van der Waals surface area contributed by atoms with Crippen LogP contribution in [0.1, 0.15) is 24.7 Å². The van der Waals surface area contributed by atoms with E-state index in [-0.39, 0.29) is 0 Å². The molecule has 1 aromatic heterocycles. The lowest BCUT2D eigenvalue weighted by atomic mass is 10.3. The van der Waals surface area contributed by atoms with Gasteiger partial charge in [-0.15, -0.1) is 0 Å². The predicted molar refractivity (Wildman–Crippen MR) is 75.2 cm³/mol. The van der Waals surface area contributed by atoms with Crippen LogP contribution in [0.3, 0.4) is 0 Å². The first-order valence-electron chi connectivity index (χ1n) is 6.13. The summed E-state index contributed by atoms with van der Waals surface area (Å²) in [6.07, 6.45) is 1.17. The molecule has 1 N–H and O–H groups in total. The van der Waals surface area contributed by atoms with Gasteiger partial charge in [0.1, 0.15) is 0 Å². The van der Waals surface area contributed by atoms with E-state index in [2.05, 4.69) is 56.9 Å². The minimum atomic E-state index is 0.878. The number of aromatic nitrogens is 2. The molecule has 0 saturated carbocycles. The van der Waals surface area contributed by atoms with Crippen molar-refractivity contribution in [3.05, 3.63) is 15.9 Å². The topological polar surface area (TPSA) is 33.1 Å². The average Bonchev–Trinajstić information content (AvgIpc) is 2.55. The molecular formula is C12H23BrN4. The molecule has 0 atom stereocenters. The van der Waals surface area contributed by atoms with Crippen LogP contribution in [-0.2, 0) is 13.1 Å². The minimum absolute atomic E-state index is 0.878. The van der Waals surface area contributed by atoms with Crippen LogP contribution >= 0.6 is 15.9 Å². The van der Waals surface area contributed by atoms with Crippen LogP contribution in [0.4, 0.5) is 0 Å². The number of hydrogen-bond donors (Lipinski definition) is 1. The van der Waals surface area contributed by atoms with Gasteiger partial charge in [-0.1, -0.05) is 0 Å². The lowest BCUT2D eigenvalue weighted by Crippen LogP contribution is -2.22. The largest absolute Gasteiger partial charge is 0.311 e. The lowest BCUT2D eigenvalue weighted by Gasteiger charge is -2.10. The van der Waals surface area contributed by atoms with E-state index >= 15 is 0 Å². The van der Waals surface area contributed by atoms with Crippen molar-refractivity contribution in [2.75, 3.05) is 27.2 Å². The van der Waals surface area contributed by atoms with Gasteiger partial charge in [-0.2, -0.15) is 5.10 Å². The summed E-state index contributed by atoms with van der Waals surface area (Å²) in [6, 6.07) is 0. The molecule has 0 aliphatic carbocycles. The molecule has 0 unspecified atom stereocenters. The second kappa shape index (κ2) is 7.13. The van der Waals surface area contributed by atoms with Gasteiger partial charge in [-0.05, 0) is 63.4 Å². The van der Waals surface area contributed by atoms with Gasteiger partial charge in [0.25, 0.3) is 0 Å². The van der Waals surface area contributed by atoms with Crippen molar-refractivity contribution in [1.82, 2.24) is 20.0 Å². The first-order valence-corrected chi connectivity index (χ1v) is 6.92. The zero-order chi connectivity index (χ0) is 12.8. The Morgan fingerprint density at radius 2 is 2.12 bits per heavy atom. The monoisotopic (exact) mass is 302 g/mol. The summed E-state index contributed by atoms with van der Waals surface area (Å²) >= 11 is 3.60. The van der Waals surface area contributed by atoms with E-state index in [1.165, 1.54) is 12.1 Å². The van der Waals surface area contributed by atoms with E-state index < -0.39 is 0 Å². The molecule has 1 heterocycles. The maximum absolute atomic E-state index is 4.48. The number of aryl methyl sites for hydroxylation is 2. The third-order valence-electron chi connectivity index (χ3n) is 2.70. The van der Waals surface area contributed by atoms with Gasteiger partial charge < -0.3 is 10.2 Å². The quantitative estimate of drug-likeness (QED) is 0.782. The summed E-state index contributed by atoms with van der Waals surface area (Å²) in [5.41, 5.74) is 2.31. The third-order valence-corrected chi connectivity index (χ3v) is 3.74. The Kier molecular flexibility index (Phi) is 6.16. The lowest BCUT2D eigenvalue weighted by molar-refractivity contribution is 0.393. The van der Waals surface area contributed by atoms with Crippen LogP contribution in [0.2, 0.25) is 0 Å². The highest BCUT2D eigenvalue weighted by Gasteiger charge is 2.10. The van der Waals surface area contributed by atoms with Crippen LogP contribution in [0, 0.1) is 6.92 Å². The van der Waals surface area contributed by atoms with Gasteiger partial charge in [0.2, 0.25) is 0 Å². The zero-order valence-electron chi connectivity index (χ0n) is 11.3. The summed E-state index contributed by atoms with van der Waals surface area (Å²) in [7, 11) is 4.21. The highest BCUT2D eigenvalue weighted by molar-refractivity contribution is 9.10. The molecule has 0 aliphatic rings. The number of halogens is 1. The summed E-state index contributed by atoms with van der Waals surface area (Å²) in [5, 5.41) is 7.95. The predicted octanol–water partition coefficient (Wildman–Crippen LogP) is 2.02. The number of nitrogens with one attached hydrogen (secondary N) is 1. The molecular weight excluding hydrogens is 280 g/mol. The molecule has 0 aliphatic heterocycles. The van der Waals surface area contributed by atoms with E-state index in [4.69, 9.17) is 0 Å². The van der Waals surface area contributed by atoms with Gasteiger partial charge in [0.05, 0.1) is 15.9 Å². The van der Waals surface area contributed by atoms with Crippen LogP contribution < -0.4 is 5.32 Å². The molecule has 0 spiro atoms. The molecule has 98 valence electrons. The Bertz CT molecular complexity index is 347. The Labute approximate surface area is 113 Å². The van der Waals surface area contributed by atoms with Gasteiger partial charge >= 0.3 is 0 Å². The fraction of sp³-hybridized carbons (Fsp3) is 0.750. The molecule has 0 saturated heterocycles. The molecule has 0 aromatic carbocycles. The standard InChI is InChI=1S/C12H23BrN4/c1-5-17-11(12(13)10(2)15-17)9-14-7-6-8-16(3)4/h14H,5-9H2,1-4H3. The zero-order valence-corrected chi connectivity index (χ0v) is 12.8. The van der Waals surface area contributed by atoms with Gasteiger partial charge in [0, 0.05) is 13.1 Å². The van der Waals surface area contributed by atoms with Gasteiger partial charge in [-0.3, -0.25) is 4.68 Å². The molecule has 0 fully saturated rings. The first kappa shape index (κ1) is 14.7. The average molecular weight is 303 g/mol. The molecule has 0 bridgehead atoms. The van der Waals surface area contributed by atoms with Crippen molar-refractivity contribution in [1.29, 1.82) is 0 Å². The smallest absolute Gasteiger partial charge is 0.0739 e.